The monoisotopic (exact) mass is 514 g/mol. The second kappa shape index (κ2) is 9.10. The molecule has 1 aliphatic rings. The highest BCUT2D eigenvalue weighted by molar-refractivity contribution is 9.10. The van der Waals surface area contributed by atoms with Crippen LogP contribution in [0.25, 0.3) is 0 Å². The van der Waals surface area contributed by atoms with Gasteiger partial charge in [0.25, 0.3) is 0 Å². The molecule has 8 nitrogen and oxygen atoms in total. The van der Waals surface area contributed by atoms with Crippen molar-refractivity contribution in [2.24, 2.45) is 5.92 Å². The fourth-order valence-electron chi connectivity index (χ4n) is 3.31. The molecule has 0 radical (unpaired) electrons. The summed E-state index contributed by atoms with van der Waals surface area (Å²) in [4.78, 5) is -0.00989. The minimum Gasteiger partial charge on any atom is -0.497 e. The first-order valence-electron chi connectivity index (χ1n) is 9.14. The predicted octanol–water partition coefficient (Wildman–Crippen LogP) is 1.89. The van der Waals surface area contributed by atoms with Gasteiger partial charge in [0.2, 0.25) is 10.0 Å². The smallest absolute Gasteiger partial charge is 0.244 e. The Labute approximate surface area is 187 Å². The van der Waals surface area contributed by atoms with Gasteiger partial charge in [-0.2, -0.15) is 9.57 Å². The standard InChI is InChI=1S/C20H20BrFN2O6S/c1-29-15-4-5-19(17(21)6-15)31(27,28)24-9-14(20(26,11-24)12-25)10-30-16-3-2-13(8-23)18(22)7-16/h2-7,14,25-26H,9-12H2,1H3/t14-,20-/m1/s1. The third-order valence-electron chi connectivity index (χ3n) is 5.18. The number of ether oxygens (including phenoxy) is 2. The van der Waals surface area contributed by atoms with Crippen LogP contribution in [0, 0.1) is 23.1 Å². The van der Waals surface area contributed by atoms with Gasteiger partial charge >= 0.3 is 0 Å². The SMILES string of the molecule is COc1ccc(S(=O)(=O)N2C[C@H](COc3ccc(C#N)c(F)c3)[C@](O)(CO)C2)c(Br)c1. The summed E-state index contributed by atoms with van der Waals surface area (Å²) >= 11 is 3.23. The molecule has 2 N–H and O–H groups in total. The van der Waals surface area contributed by atoms with Crippen LogP contribution in [0.15, 0.2) is 45.8 Å². The summed E-state index contributed by atoms with van der Waals surface area (Å²) in [5.41, 5.74) is -1.88. The molecule has 0 amide bonds. The number of nitriles is 1. The fraction of sp³-hybridized carbons (Fsp3) is 0.350. The number of rotatable bonds is 7. The van der Waals surface area contributed by atoms with E-state index in [2.05, 4.69) is 15.9 Å². The molecule has 2 atom stereocenters. The van der Waals surface area contributed by atoms with Crippen LogP contribution in [-0.2, 0) is 10.0 Å². The second-order valence-electron chi connectivity index (χ2n) is 7.12. The first kappa shape index (κ1) is 23.4. The van der Waals surface area contributed by atoms with Crippen LogP contribution in [0.4, 0.5) is 4.39 Å². The highest BCUT2D eigenvalue weighted by Crippen LogP contribution is 2.35. The lowest BCUT2D eigenvalue weighted by Crippen LogP contribution is -2.44. The van der Waals surface area contributed by atoms with Gasteiger partial charge < -0.3 is 19.7 Å². The summed E-state index contributed by atoms with van der Waals surface area (Å²) in [6.45, 7) is -1.30. The van der Waals surface area contributed by atoms with E-state index in [1.165, 1.54) is 37.4 Å². The zero-order valence-electron chi connectivity index (χ0n) is 16.5. The van der Waals surface area contributed by atoms with Crippen LogP contribution in [-0.4, -0.2) is 62.0 Å². The minimum absolute atomic E-state index is 0.00989. The third-order valence-corrected chi connectivity index (χ3v) is 7.97. The van der Waals surface area contributed by atoms with E-state index in [0.717, 1.165) is 10.4 Å². The topological polar surface area (TPSA) is 120 Å². The maximum atomic E-state index is 13.8. The van der Waals surface area contributed by atoms with Gasteiger partial charge in [-0.25, -0.2) is 12.8 Å². The van der Waals surface area contributed by atoms with Gasteiger partial charge in [0, 0.05) is 29.5 Å². The van der Waals surface area contributed by atoms with E-state index in [1.807, 2.05) is 0 Å². The molecule has 2 aromatic rings. The summed E-state index contributed by atoms with van der Waals surface area (Å²) < 4.78 is 52.0. The number of hydrogen-bond acceptors (Lipinski definition) is 7. The van der Waals surface area contributed by atoms with Crippen molar-refractivity contribution >= 4 is 26.0 Å². The number of β-amino-alcohol motifs (C(OH)–C–C–N with tert-alkyl or cyclic N) is 1. The van der Waals surface area contributed by atoms with E-state index < -0.39 is 34.0 Å². The number of hydrogen-bond donors (Lipinski definition) is 2. The maximum absolute atomic E-state index is 13.8. The molecule has 1 fully saturated rings. The Bertz CT molecular complexity index is 1120. The Morgan fingerprint density at radius 3 is 2.61 bits per heavy atom. The number of sulfonamides is 1. The molecular formula is C20H20BrFN2O6S. The van der Waals surface area contributed by atoms with Gasteiger partial charge in [0.15, 0.2) is 0 Å². The van der Waals surface area contributed by atoms with Gasteiger partial charge in [-0.05, 0) is 46.3 Å². The normalized spacial score (nSPS) is 21.6. The van der Waals surface area contributed by atoms with Crippen molar-refractivity contribution in [2.45, 2.75) is 10.5 Å². The lowest BCUT2D eigenvalue weighted by Gasteiger charge is -2.26. The molecule has 0 unspecified atom stereocenters. The van der Waals surface area contributed by atoms with Crippen LogP contribution in [0.5, 0.6) is 11.5 Å². The number of nitrogens with zero attached hydrogens (tertiary/aromatic N) is 2. The number of halogens is 2. The molecule has 166 valence electrons. The molecule has 11 heteroatoms. The first-order chi connectivity index (χ1) is 14.6. The van der Waals surface area contributed by atoms with E-state index in [9.17, 15) is 23.0 Å². The molecule has 1 aliphatic heterocycles. The lowest BCUT2D eigenvalue weighted by atomic mass is 9.92. The third kappa shape index (κ3) is 4.68. The molecule has 3 rings (SSSR count). The van der Waals surface area contributed by atoms with Crippen molar-refractivity contribution < 1.29 is 32.5 Å². The molecule has 0 aromatic heterocycles. The Kier molecular flexibility index (Phi) is 6.88. The molecule has 31 heavy (non-hydrogen) atoms. The zero-order chi connectivity index (χ0) is 22.8. The van der Waals surface area contributed by atoms with Crippen LogP contribution >= 0.6 is 15.9 Å². The van der Waals surface area contributed by atoms with Crippen LogP contribution in [0.2, 0.25) is 0 Å². The van der Waals surface area contributed by atoms with Crippen molar-refractivity contribution in [1.82, 2.24) is 4.31 Å². The van der Waals surface area contributed by atoms with Crippen LogP contribution in [0.3, 0.4) is 0 Å². The van der Waals surface area contributed by atoms with Gasteiger partial charge in [0.1, 0.15) is 29.0 Å². The van der Waals surface area contributed by atoms with Gasteiger partial charge in [-0.15, -0.1) is 0 Å². The molecule has 0 spiro atoms. The van der Waals surface area contributed by atoms with Crippen molar-refractivity contribution in [3.05, 3.63) is 52.3 Å². The van der Waals surface area contributed by atoms with Crippen molar-refractivity contribution in [1.29, 1.82) is 5.26 Å². The summed E-state index contributed by atoms with van der Waals surface area (Å²) in [6, 6.07) is 9.81. The van der Waals surface area contributed by atoms with Gasteiger partial charge in [-0.1, -0.05) is 0 Å². The van der Waals surface area contributed by atoms with Crippen molar-refractivity contribution in [3.63, 3.8) is 0 Å². The highest BCUT2D eigenvalue weighted by atomic mass is 79.9. The minimum atomic E-state index is -4.00. The highest BCUT2D eigenvalue weighted by Gasteiger charge is 2.49. The van der Waals surface area contributed by atoms with E-state index in [4.69, 9.17) is 14.7 Å². The largest absolute Gasteiger partial charge is 0.497 e. The van der Waals surface area contributed by atoms with Crippen LogP contribution < -0.4 is 9.47 Å². The molecular weight excluding hydrogens is 495 g/mol. The van der Waals surface area contributed by atoms with E-state index in [-0.39, 0.29) is 35.9 Å². The number of benzene rings is 2. The van der Waals surface area contributed by atoms with E-state index >= 15 is 0 Å². The quantitative estimate of drug-likeness (QED) is 0.578. The molecule has 0 saturated carbocycles. The molecule has 2 aromatic carbocycles. The Morgan fingerprint density at radius 1 is 1.32 bits per heavy atom. The summed E-state index contributed by atoms with van der Waals surface area (Å²) in [6.07, 6.45) is 0. The fourth-order valence-corrected chi connectivity index (χ4v) is 5.88. The van der Waals surface area contributed by atoms with Crippen molar-refractivity contribution in [3.8, 4) is 17.6 Å². The van der Waals surface area contributed by atoms with Crippen LogP contribution in [0.1, 0.15) is 5.56 Å². The second-order valence-corrected chi connectivity index (χ2v) is 9.88. The molecule has 0 aliphatic carbocycles. The summed E-state index contributed by atoms with van der Waals surface area (Å²) in [5.74, 6) is -0.934. The molecule has 1 saturated heterocycles. The van der Waals surface area contributed by atoms with Crippen molar-refractivity contribution in [2.75, 3.05) is 33.4 Å². The Balaban J connectivity index is 1.80. The van der Waals surface area contributed by atoms with Gasteiger partial charge in [0.05, 0.1) is 30.8 Å². The molecule has 0 bridgehead atoms. The summed E-state index contributed by atoms with van der Waals surface area (Å²) in [7, 11) is -2.54. The first-order valence-corrected chi connectivity index (χ1v) is 11.4. The average Bonchev–Trinajstić information content (AvgIpc) is 3.10. The Hall–Kier alpha value is -2.23. The number of methoxy groups -OCH3 is 1. The zero-order valence-corrected chi connectivity index (χ0v) is 18.9. The van der Waals surface area contributed by atoms with E-state index in [1.54, 1.807) is 6.07 Å². The predicted molar refractivity (Wildman–Crippen MR) is 112 cm³/mol. The summed E-state index contributed by atoms with van der Waals surface area (Å²) in [5, 5.41) is 29.4. The van der Waals surface area contributed by atoms with E-state index in [0.29, 0.717) is 10.2 Å². The number of aliphatic hydroxyl groups is 2. The Morgan fingerprint density at radius 2 is 2.03 bits per heavy atom. The van der Waals surface area contributed by atoms with Gasteiger partial charge in [-0.3, -0.25) is 0 Å². The number of aliphatic hydroxyl groups excluding tert-OH is 1. The molecule has 1 heterocycles. The maximum Gasteiger partial charge on any atom is 0.244 e. The average molecular weight is 515 g/mol. The lowest BCUT2D eigenvalue weighted by molar-refractivity contribution is -0.0452.